The van der Waals surface area contributed by atoms with Gasteiger partial charge in [-0.1, -0.05) is 34.9 Å². The second kappa shape index (κ2) is 6.86. The maximum atomic E-state index is 12.9. The Labute approximate surface area is 157 Å². The van der Waals surface area contributed by atoms with E-state index in [0.29, 0.717) is 43.8 Å². The fourth-order valence-corrected chi connectivity index (χ4v) is 3.24. The fourth-order valence-electron chi connectivity index (χ4n) is 3.24. The third-order valence-electron chi connectivity index (χ3n) is 4.80. The molecule has 140 valence electrons. The van der Waals surface area contributed by atoms with Crippen LogP contribution in [0, 0.1) is 13.8 Å². The lowest BCUT2D eigenvalue weighted by Crippen LogP contribution is -2.49. The molecule has 1 saturated heterocycles. The first-order chi connectivity index (χ1) is 13.0. The van der Waals surface area contributed by atoms with Crippen molar-refractivity contribution < 1.29 is 9.21 Å². The molecule has 8 nitrogen and oxygen atoms in total. The summed E-state index contributed by atoms with van der Waals surface area (Å²) in [5, 5.41) is 12.3. The van der Waals surface area contributed by atoms with E-state index in [1.807, 2.05) is 35.0 Å². The first-order valence-corrected chi connectivity index (χ1v) is 8.96. The highest BCUT2D eigenvalue weighted by molar-refractivity contribution is 5.93. The molecule has 0 aliphatic carbocycles. The van der Waals surface area contributed by atoms with E-state index >= 15 is 0 Å². The highest BCUT2D eigenvalue weighted by Crippen LogP contribution is 2.22. The molecule has 0 spiro atoms. The number of aromatic nitrogens is 4. The molecule has 3 aromatic rings. The first-order valence-electron chi connectivity index (χ1n) is 8.96. The van der Waals surface area contributed by atoms with Gasteiger partial charge in [-0.3, -0.25) is 9.48 Å². The minimum Gasteiger partial charge on any atom is -0.408 e. The van der Waals surface area contributed by atoms with Crippen LogP contribution >= 0.6 is 0 Å². The molecule has 0 N–H and O–H groups in total. The predicted molar refractivity (Wildman–Crippen MR) is 101 cm³/mol. The molecule has 0 atom stereocenters. The van der Waals surface area contributed by atoms with Gasteiger partial charge in [0.2, 0.25) is 5.89 Å². The van der Waals surface area contributed by atoms with Crippen LogP contribution in [0.3, 0.4) is 0 Å². The normalized spacial score (nSPS) is 14.6. The van der Waals surface area contributed by atoms with Crippen LogP contribution in [0.25, 0.3) is 11.3 Å². The molecule has 4 rings (SSSR count). The summed E-state index contributed by atoms with van der Waals surface area (Å²) in [6.07, 6.45) is 0. The number of piperazine rings is 1. The van der Waals surface area contributed by atoms with E-state index < -0.39 is 0 Å². The van der Waals surface area contributed by atoms with Gasteiger partial charge in [0.25, 0.3) is 5.91 Å². The summed E-state index contributed by atoms with van der Waals surface area (Å²) in [6, 6.07) is 10.6. The van der Waals surface area contributed by atoms with Crippen LogP contribution in [0.4, 0.5) is 6.01 Å². The zero-order valence-electron chi connectivity index (χ0n) is 15.7. The van der Waals surface area contributed by atoms with Crippen molar-refractivity contribution in [1.29, 1.82) is 0 Å². The standard InChI is InChI=1S/C19H22N6O2/c1-13-4-6-15(7-5-13)17-12-16(22-23(17)3)18(26)24-8-10-25(11-9-24)19-21-20-14(2)27-19/h4-7,12H,8-11H2,1-3H3. The van der Waals surface area contributed by atoms with E-state index in [-0.39, 0.29) is 5.91 Å². The number of nitrogens with zero attached hydrogens (tertiary/aromatic N) is 6. The second-order valence-corrected chi connectivity index (χ2v) is 6.79. The average molecular weight is 366 g/mol. The topological polar surface area (TPSA) is 80.3 Å². The van der Waals surface area contributed by atoms with Crippen molar-refractivity contribution in [1.82, 2.24) is 24.9 Å². The Morgan fingerprint density at radius 2 is 1.74 bits per heavy atom. The molecule has 2 aromatic heterocycles. The molecule has 1 aromatic carbocycles. The third kappa shape index (κ3) is 3.42. The Morgan fingerprint density at radius 3 is 2.37 bits per heavy atom. The highest BCUT2D eigenvalue weighted by atomic mass is 16.4. The zero-order chi connectivity index (χ0) is 19.0. The first kappa shape index (κ1) is 17.3. The molecule has 1 fully saturated rings. The largest absolute Gasteiger partial charge is 0.408 e. The molecular formula is C19H22N6O2. The van der Waals surface area contributed by atoms with Crippen LogP contribution in [0.5, 0.6) is 0 Å². The number of anilines is 1. The van der Waals surface area contributed by atoms with Crippen LogP contribution in [0.15, 0.2) is 34.7 Å². The Bertz CT molecular complexity index is 951. The van der Waals surface area contributed by atoms with Crippen LogP contribution < -0.4 is 4.90 Å². The van der Waals surface area contributed by atoms with E-state index in [0.717, 1.165) is 11.3 Å². The van der Waals surface area contributed by atoms with Gasteiger partial charge in [0.15, 0.2) is 5.69 Å². The number of carbonyl (C=O) groups is 1. The average Bonchev–Trinajstić information content (AvgIpc) is 3.28. The van der Waals surface area contributed by atoms with Crippen molar-refractivity contribution in [3.8, 4) is 11.3 Å². The summed E-state index contributed by atoms with van der Waals surface area (Å²) in [5.41, 5.74) is 3.64. The predicted octanol–water partition coefficient (Wildman–Crippen LogP) is 2.05. The van der Waals surface area contributed by atoms with Gasteiger partial charge in [0.05, 0.1) is 5.69 Å². The number of carbonyl (C=O) groups excluding carboxylic acids is 1. The summed E-state index contributed by atoms with van der Waals surface area (Å²) in [6.45, 7) is 6.32. The molecule has 1 aliphatic rings. The highest BCUT2D eigenvalue weighted by Gasteiger charge is 2.26. The Hall–Kier alpha value is -3.16. The van der Waals surface area contributed by atoms with Crippen molar-refractivity contribution >= 4 is 11.9 Å². The van der Waals surface area contributed by atoms with E-state index in [2.05, 4.69) is 34.4 Å². The lowest BCUT2D eigenvalue weighted by atomic mass is 10.1. The summed E-state index contributed by atoms with van der Waals surface area (Å²) >= 11 is 0. The van der Waals surface area contributed by atoms with Crippen LogP contribution in [-0.2, 0) is 7.05 Å². The molecule has 3 heterocycles. The van der Waals surface area contributed by atoms with Gasteiger partial charge in [-0.15, -0.1) is 5.10 Å². The van der Waals surface area contributed by atoms with Crippen molar-refractivity contribution in [2.24, 2.45) is 7.05 Å². The van der Waals surface area contributed by atoms with Gasteiger partial charge in [-0.25, -0.2) is 0 Å². The molecule has 8 heteroatoms. The molecule has 1 amide bonds. The lowest BCUT2D eigenvalue weighted by molar-refractivity contribution is 0.0738. The number of amides is 1. The maximum Gasteiger partial charge on any atom is 0.318 e. The fraction of sp³-hybridized carbons (Fsp3) is 0.368. The summed E-state index contributed by atoms with van der Waals surface area (Å²) in [7, 11) is 1.86. The third-order valence-corrected chi connectivity index (χ3v) is 4.80. The summed E-state index contributed by atoms with van der Waals surface area (Å²) in [5.74, 6) is 0.492. The number of benzene rings is 1. The molecule has 0 radical (unpaired) electrons. The van der Waals surface area contributed by atoms with Crippen molar-refractivity contribution in [3.05, 3.63) is 47.5 Å². The number of aryl methyl sites for hydroxylation is 3. The van der Waals surface area contributed by atoms with Crippen molar-refractivity contribution in [2.45, 2.75) is 13.8 Å². The van der Waals surface area contributed by atoms with Gasteiger partial charge < -0.3 is 14.2 Å². The number of rotatable bonds is 3. The lowest BCUT2D eigenvalue weighted by Gasteiger charge is -2.33. The molecular weight excluding hydrogens is 344 g/mol. The summed E-state index contributed by atoms with van der Waals surface area (Å²) in [4.78, 5) is 16.7. The zero-order valence-corrected chi connectivity index (χ0v) is 15.7. The molecule has 1 aliphatic heterocycles. The van der Waals surface area contributed by atoms with Gasteiger partial charge in [-0.2, -0.15) is 5.10 Å². The van der Waals surface area contributed by atoms with E-state index in [9.17, 15) is 4.79 Å². The van der Waals surface area contributed by atoms with Crippen LogP contribution in [0.2, 0.25) is 0 Å². The minimum absolute atomic E-state index is 0.0506. The maximum absolute atomic E-state index is 12.9. The molecule has 0 unspecified atom stereocenters. The SMILES string of the molecule is Cc1ccc(-c2cc(C(=O)N3CCN(c4nnc(C)o4)CC3)nn2C)cc1. The van der Waals surface area contributed by atoms with E-state index in [4.69, 9.17) is 4.42 Å². The molecule has 27 heavy (non-hydrogen) atoms. The van der Waals surface area contributed by atoms with E-state index in [1.54, 1.807) is 11.6 Å². The van der Waals surface area contributed by atoms with Crippen LogP contribution in [0.1, 0.15) is 21.9 Å². The summed E-state index contributed by atoms with van der Waals surface area (Å²) < 4.78 is 7.22. The Balaban J connectivity index is 1.46. The second-order valence-electron chi connectivity index (χ2n) is 6.79. The Kier molecular flexibility index (Phi) is 4.39. The quantitative estimate of drug-likeness (QED) is 0.706. The molecule has 0 saturated carbocycles. The number of hydrogen-bond acceptors (Lipinski definition) is 6. The van der Waals surface area contributed by atoms with Gasteiger partial charge in [0, 0.05) is 40.2 Å². The monoisotopic (exact) mass is 366 g/mol. The van der Waals surface area contributed by atoms with Gasteiger partial charge >= 0.3 is 6.01 Å². The van der Waals surface area contributed by atoms with Crippen molar-refractivity contribution in [2.75, 3.05) is 31.1 Å². The Morgan fingerprint density at radius 1 is 1.04 bits per heavy atom. The number of hydrogen-bond donors (Lipinski definition) is 0. The minimum atomic E-state index is -0.0506. The smallest absolute Gasteiger partial charge is 0.318 e. The van der Waals surface area contributed by atoms with Gasteiger partial charge in [-0.05, 0) is 18.6 Å². The molecule has 0 bridgehead atoms. The van der Waals surface area contributed by atoms with Crippen molar-refractivity contribution in [3.63, 3.8) is 0 Å². The van der Waals surface area contributed by atoms with E-state index in [1.165, 1.54) is 5.56 Å². The van der Waals surface area contributed by atoms with Crippen LogP contribution in [-0.4, -0.2) is 57.0 Å². The van der Waals surface area contributed by atoms with Gasteiger partial charge in [0.1, 0.15) is 0 Å².